The van der Waals surface area contributed by atoms with Crippen molar-refractivity contribution in [3.8, 4) is 0 Å². The van der Waals surface area contributed by atoms with Gasteiger partial charge in [-0.2, -0.15) is 0 Å². The van der Waals surface area contributed by atoms with Crippen molar-refractivity contribution in [2.45, 2.75) is 209 Å². The van der Waals surface area contributed by atoms with Gasteiger partial charge in [-0.15, -0.1) is 0 Å². The van der Waals surface area contributed by atoms with E-state index in [4.69, 9.17) is 37.9 Å². The minimum Gasteiger partial charge on any atom is -0.394 e. The second kappa shape index (κ2) is 17.4. The van der Waals surface area contributed by atoms with Crippen LogP contribution in [0, 0.1) is 52.3 Å². The Morgan fingerprint density at radius 3 is 2.03 bits per heavy atom. The Kier molecular flexibility index (Phi) is 13.1. The summed E-state index contributed by atoms with van der Waals surface area (Å²) >= 11 is 0. The predicted octanol–water partition coefficient (Wildman–Crippen LogP) is 0.294. The molecular formula is C45H74O17. The number of rotatable bonds is 8. The van der Waals surface area contributed by atoms with E-state index in [1.54, 1.807) is 0 Å². The summed E-state index contributed by atoms with van der Waals surface area (Å²) < 4.78 is 49.6. The molecule has 9 fully saturated rings. The van der Waals surface area contributed by atoms with E-state index in [2.05, 4.69) is 27.7 Å². The van der Waals surface area contributed by atoms with E-state index in [0.717, 1.165) is 51.6 Å². The first-order valence-electron chi connectivity index (χ1n) is 23.7. The Morgan fingerprint density at radius 2 is 1.31 bits per heavy atom. The topological polar surface area (TPSA) is 256 Å². The molecule has 0 amide bonds. The first-order chi connectivity index (χ1) is 29.4. The van der Waals surface area contributed by atoms with Crippen LogP contribution < -0.4 is 0 Å². The zero-order valence-electron chi connectivity index (χ0n) is 36.8. The summed E-state index contributed by atoms with van der Waals surface area (Å²) in [4.78, 5) is 0. The first-order valence-corrected chi connectivity index (χ1v) is 23.7. The zero-order valence-corrected chi connectivity index (χ0v) is 36.8. The van der Waals surface area contributed by atoms with Crippen LogP contribution in [0.4, 0.5) is 0 Å². The number of ether oxygens (including phenoxy) is 8. The van der Waals surface area contributed by atoms with E-state index in [0.29, 0.717) is 47.8 Å². The van der Waals surface area contributed by atoms with Crippen molar-refractivity contribution >= 4 is 0 Å². The van der Waals surface area contributed by atoms with Crippen molar-refractivity contribution in [2.24, 2.45) is 52.3 Å². The highest BCUT2D eigenvalue weighted by Gasteiger charge is 2.69. The molecule has 0 bridgehead atoms. The third-order valence-electron chi connectivity index (χ3n) is 18.2. The van der Waals surface area contributed by atoms with E-state index in [1.807, 2.05) is 0 Å². The molecule has 5 heterocycles. The van der Waals surface area contributed by atoms with Gasteiger partial charge in [-0.25, -0.2) is 0 Å². The van der Waals surface area contributed by atoms with Gasteiger partial charge in [0.25, 0.3) is 0 Å². The highest BCUT2D eigenvalue weighted by atomic mass is 16.8. The van der Waals surface area contributed by atoms with Crippen molar-refractivity contribution in [1.29, 1.82) is 0 Å². The minimum absolute atomic E-state index is 0.0972. The average Bonchev–Trinajstić information content (AvgIpc) is 3.70. The fraction of sp³-hybridized carbons (Fsp3) is 1.00. The molecule has 62 heavy (non-hydrogen) atoms. The van der Waals surface area contributed by atoms with E-state index in [-0.39, 0.29) is 23.0 Å². The van der Waals surface area contributed by atoms with Gasteiger partial charge in [-0.3, -0.25) is 0 Å². The van der Waals surface area contributed by atoms with Crippen molar-refractivity contribution in [2.75, 3.05) is 19.8 Å². The lowest BCUT2D eigenvalue weighted by Gasteiger charge is -2.61. The third kappa shape index (κ3) is 7.66. The van der Waals surface area contributed by atoms with Crippen LogP contribution in [0.15, 0.2) is 0 Å². The number of hydrogen-bond acceptors (Lipinski definition) is 17. The molecule has 4 aliphatic carbocycles. The van der Waals surface area contributed by atoms with Gasteiger partial charge in [0.2, 0.25) is 0 Å². The van der Waals surface area contributed by atoms with Crippen LogP contribution in [-0.2, 0) is 37.9 Å². The lowest BCUT2D eigenvalue weighted by molar-refractivity contribution is -0.377. The van der Waals surface area contributed by atoms with Gasteiger partial charge in [0.1, 0.15) is 67.1 Å². The largest absolute Gasteiger partial charge is 0.394 e. The van der Waals surface area contributed by atoms with Crippen molar-refractivity contribution in [3.05, 3.63) is 0 Å². The van der Waals surface area contributed by atoms with Gasteiger partial charge in [-0.05, 0) is 111 Å². The van der Waals surface area contributed by atoms with Crippen molar-refractivity contribution in [3.63, 3.8) is 0 Å². The summed E-state index contributed by atoms with van der Waals surface area (Å²) in [7, 11) is 0. The number of fused-ring (bicyclic) bond motifs is 7. The zero-order chi connectivity index (χ0) is 44.2. The molecule has 17 heteroatoms. The summed E-state index contributed by atoms with van der Waals surface area (Å²) in [5.41, 5.74) is 0.311. The summed E-state index contributed by atoms with van der Waals surface area (Å²) in [6.45, 7) is 10.8. The molecule has 9 rings (SSSR count). The highest BCUT2D eigenvalue weighted by molar-refractivity contribution is 5.15. The SMILES string of the molecule is CC1CCC2(OC1)OC1CC3C4CCC5CC(OC6OC(COC7OC(C)C(O)C(O)C7O)C(O)C(O)C6OC6OC(CO)C(O)C(O)C6O)CCC5(C)C4CCC3(C)C1C2C. The molecule has 356 valence electrons. The lowest BCUT2D eigenvalue weighted by atomic mass is 9.44. The number of hydrogen-bond donors (Lipinski definition) is 9. The van der Waals surface area contributed by atoms with Crippen LogP contribution in [-0.4, -0.2) is 176 Å². The van der Waals surface area contributed by atoms with Gasteiger partial charge in [0.05, 0.1) is 38.1 Å². The van der Waals surface area contributed by atoms with E-state index in [9.17, 15) is 46.0 Å². The van der Waals surface area contributed by atoms with Crippen LogP contribution >= 0.6 is 0 Å². The predicted molar refractivity (Wildman–Crippen MR) is 214 cm³/mol. The molecule has 1 spiro atoms. The van der Waals surface area contributed by atoms with Gasteiger partial charge >= 0.3 is 0 Å². The Balaban J connectivity index is 0.888. The number of aliphatic hydroxyl groups is 9. The maximum absolute atomic E-state index is 11.6. The Hall–Kier alpha value is -0.680. The summed E-state index contributed by atoms with van der Waals surface area (Å²) in [6.07, 6.45) is -12.2. The van der Waals surface area contributed by atoms with E-state index < -0.39 is 111 Å². The molecule has 0 radical (unpaired) electrons. The molecule has 9 aliphatic rings. The molecular weight excluding hydrogens is 812 g/mol. The standard InChI is InChI=1S/C45H74O17/c1-19-8-13-45(56-17-19)20(2)30-27(62-45)15-26-24-7-6-22-14-23(9-11-43(22,4)25(24)10-12-44(26,30)5)58-42-39(61-41-38(54)35(51)32(48)28(16-46)59-41)36(52)33(49)29(60-42)18-55-40-37(53)34(50)31(47)21(3)57-40/h19-42,46-54H,6-18H2,1-5H3. The minimum atomic E-state index is -1.78. The van der Waals surface area contributed by atoms with Gasteiger partial charge < -0.3 is 83.9 Å². The molecule has 9 N–H and O–H groups in total. The Morgan fingerprint density at radius 1 is 0.613 bits per heavy atom. The van der Waals surface area contributed by atoms with Gasteiger partial charge in [0.15, 0.2) is 24.7 Å². The van der Waals surface area contributed by atoms with Gasteiger partial charge in [0, 0.05) is 12.3 Å². The summed E-state index contributed by atoms with van der Waals surface area (Å²) in [5, 5.41) is 95.6. The summed E-state index contributed by atoms with van der Waals surface area (Å²) in [6, 6.07) is 0. The normalized spacial score (nSPS) is 58.9. The molecule has 27 atom stereocenters. The summed E-state index contributed by atoms with van der Waals surface area (Å²) in [5.74, 6) is 3.15. The monoisotopic (exact) mass is 886 g/mol. The van der Waals surface area contributed by atoms with Crippen LogP contribution in [0.2, 0.25) is 0 Å². The average molecular weight is 887 g/mol. The van der Waals surface area contributed by atoms with Crippen LogP contribution in [0.1, 0.15) is 98.8 Å². The van der Waals surface area contributed by atoms with Crippen LogP contribution in [0.25, 0.3) is 0 Å². The Labute approximate surface area is 364 Å². The molecule has 0 aromatic rings. The maximum Gasteiger partial charge on any atom is 0.187 e. The quantitative estimate of drug-likeness (QED) is 0.149. The maximum atomic E-state index is 11.6. The van der Waals surface area contributed by atoms with E-state index >= 15 is 0 Å². The van der Waals surface area contributed by atoms with Gasteiger partial charge in [-0.1, -0.05) is 27.7 Å². The molecule has 5 aliphatic heterocycles. The van der Waals surface area contributed by atoms with Crippen molar-refractivity contribution in [1.82, 2.24) is 0 Å². The molecule has 17 nitrogen and oxygen atoms in total. The van der Waals surface area contributed by atoms with E-state index in [1.165, 1.54) is 19.8 Å². The number of aliphatic hydroxyl groups excluding tert-OH is 9. The molecule has 0 aromatic heterocycles. The Bertz CT molecular complexity index is 1550. The third-order valence-corrected chi connectivity index (χ3v) is 18.2. The molecule has 4 saturated carbocycles. The molecule has 27 unspecified atom stereocenters. The molecule has 0 aromatic carbocycles. The second-order valence-corrected chi connectivity index (χ2v) is 21.5. The van der Waals surface area contributed by atoms with Crippen molar-refractivity contribution < 1.29 is 83.9 Å². The lowest BCUT2D eigenvalue weighted by Crippen LogP contribution is -2.65. The fourth-order valence-corrected chi connectivity index (χ4v) is 14.5. The fourth-order valence-electron chi connectivity index (χ4n) is 14.5. The first kappa shape index (κ1) is 46.4. The van der Waals surface area contributed by atoms with Crippen LogP contribution in [0.5, 0.6) is 0 Å². The molecule has 5 saturated heterocycles. The highest BCUT2D eigenvalue weighted by Crippen LogP contribution is 2.71. The second-order valence-electron chi connectivity index (χ2n) is 21.5. The smallest absolute Gasteiger partial charge is 0.187 e. The van der Waals surface area contributed by atoms with Crippen LogP contribution in [0.3, 0.4) is 0 Å².